The molecule has 0 fully saturated rings. The molecule has 7 heteroatoms. The van der Waals surface area contributed by atoms with Gasteiger partial charge in [-0.05, 0) is 25.5 Å². The zero-order valence-electron chi connectivity index (χ0n) is 11.8. The molecule has 0 saturated carbocycles. The number of pyridine rings is 1. The van der Waals surface area contributed by atoms with E-state index in [0.717, 1.165) is 22.6 Å². The minimum atomic E-state index is -0.280. The molecule has 3 heterocycles. The molecule has 0 aromatic carbocycles. The van der Waals surface area contributed by atoms with Gasteiger partial charge in [-0.1, -0.05) is 6.07 Å². The van der Waals surface area contributed by atoms with Gasteiger partial charge in [-0.25, -0.2) is 14.8 Å². The molecule has 21 heavy (non-hydrogen) atoms. The number of rotatable bonds is 3. The minimum absolute atomic E-state index is 0.280. The van der Waals surface area contributed by atoms with E-state index >= 15 is 0 Å². The van der Waals surface area contributed by atoms with E-state index in [9.17, 15) is 4.79 Å². The van der Waals surface area contributed by atoms with Gasteiger partial charge in [0, 0.05) is 17.8 Å². The monoisotopic (exact) mass is 301 g/mol. The number of amides is 2. The summed E-state index contributed by atoms with van der Waals surface area (Å²) in [6.45, 7) is 4.27. The maximum Gasteiger partial charge on any atom is 0.321 e. The van der Waals surface area contributed by atoms with Crippen LogP contribution in [0.5, 0.6) is 0 Å². The SMILES string of the molecule is Cc1csc(NC(=O)NCc2cn3cccc(C)c3n2)n1. The Kier molecular flexibility index (Phi) is 3.57. The van der Waals surface area contributed by atoms with E-state index in [4.69, 9.17) is 0 Å². The van der Waals surface area contributed by atoms with Crippen molar-refractivity contribution in [3.05, 3.63) is 46.9 Å². The van der Waals surface area contributed by atoms with Crippen molar-refractivity contribution in [1.29, 1.82) is 0 Å². The van der Waals surface area contributed by atoms with Gasteiger partial charge in [0.2, 0.25) is 0 Å². The molecule has 0 aliphatic carbocycles. The summed E-state index contributed by atoms with van der Waals surface area (Å²) in [5.41, 5.74) is 3.72. The van der Waals surface area contributed by atoms with E-state index in [2.05, 4.69) is 20.6 Å². The van der Waals surface area contributed by atoms with E-state index in [1.165, 1.54) is 11.3 Å². The highest BCUT2D eigenvalue weighted by atomic mass is 32.1. The number of urea groups is 1. The van der Waals surface area contributed by atoms with Crippen LogP contribution >= 0.6 is 11.3 Å². The largest absolute Gasteiger partial charge is 0.332 e. The summed E-state index contributed by atoms with van der Waals surface area (Å²) in [6, 6.07) is 3.70. The number of anilines is 1. The molecular weight excluding hydrogens is 286 g/mol. The van der Waals surface area contributed by atoms with Crippen molar-refractivity contribution in [3.63, 3.8) is 0 Å². The van der Waals surface area contributed by atoms with Gasteiger partial charge >= 0.3 is 6.03 Å². The van der Waals surface area contributed by atoms with E-state index in [0.29, 0.717) is 11.7 Å². The molecule has 0 saturated heterocycles. The van der Waals surface area contributed by atoms with Gasteiger partial charge in [0.15, 0.2) is 5.13 Å². The highest BCUT2D eigenvalue weighted by Gasteiger charge is 2.07. The first-order valence-corrected chi connectivity index (χ1v) is 7.40. The van der Waals surface area contributed by atoms with Crippen molar-refractivity contribution >= 4 is 28.1 Å². The maximum atomic E-state index is 11.8. The van der Waals surface area contributed by atoms with Gasteiger partial charge in [0.1, 0.15) is 5.65 Å². The molecule has 6 nitrogen and oxygen atoms in total. The van der Waals surface area contributed by atoms with Crippen LogP contribution in [-0.2, 0) is 6.54 Å². The number of carbonyl (C=O) groups excluding carboxylic acids is 1. The predicted molar refractivity (Wildman–Crippen MR) is 82.6 cm³/mol. The number of imidazole rings is 1. The van der Waals surface area contributed by atoms with Crippen LogP contribution in [0.15, 0.2) is 29.9 Å². The third-order valence-electron chi connectivity index (χ3n) is 3.00. The van der Waals surface area contributed by atoms with Crippen molar-refractivity contribution < 1.29 is 4.79 Å². The number of aryl methyl sites for hydroxylation is 2. The summed E-state index contributed by atoms with van der Waals surface area (Å²) < 4.78 is 1.95. The summed E-state index contributed by atoms with van der Waals surface area (Å²) in [5.74, 6) is 0. The lowest BCUT2D eigenvalue weighted by Gasteiger charge is -2.02. The second kappa shape index (κ2) is 5.53. The first-order valence-electron chi connectivity index (χ1n) is 6.52. The number of nitrogens with one attached hydrogen (secondary N) is 2. The molecule has 0 bridgehead atoms. The number of nitrogens with zero attached hydrogens (tertiary/aromatic N) is 3. The predicted octanol–water partition coefficient (Wildman–Crippen LogP) is 2.73. The lowest BCUT2D eigenvalue weighted by atomic mass is 10.3. The standard InChI is InChI=1S/C14H15N5OS/c1-9-4-3-5-19-7-11(17-12(9)19)6-15-13(20)18-14-16-10(2)8-21-14/h3-5,7-8H,6H2,1-2H3,(H2,15,16,18,20). The number of thiazole rings is 1. The van der Waals surface area contributed by atoms with Crippen molar-refractivity contribution in [3.8, 4) is 0 Å². The van der Waals surface area contributed by atoms with E-state index < -0.39 is 0 Å². The second-order valence-electron chi connectivity index (χ2n) is 4.76. The molecule has 3 aromatic rings. The van der Waals surface area contributed by atoms with Crippen LogP contribution < -0.4 is 10.6 Å². The van der Waals surface area contributed by atoms with Crippen LogP contribution in [0.2, 0.25) is 0 Å². The van der Waals surface area contributed by atoms with Crippen molar-refractivity contribution in [2.45, 2.75) is 20.4 Å². The van der Waals surface area contributed by atoms with Crippen LogP contribution in [0, 0.1) is 13.8 Å². The quantitative estimate of drug-likeness (QED) is 0.781. The van der Waals surface area contributed by atoms with Gasteiger partial charge in [-0.3, -0.25) is 5.32 Å². The Morgan fingerprint density at radius 1 is 1.38 bits per heavy atom. The Morgan fingerprint density at radius 3 is 2.95 bits per heavy atom. The average molecular weight is 301 g/mol. The van der Waals surface area contributed by atoms with E-state index in [-0.39, 0.29) is 6.03 Å². The number of hydrogen-bond donors (Lipinski definition) is 2. The number of carbonyl (C=O) groups is 1. The molecule has 2 amide bonds. The van der Waals surface area contributed by atoms with Gasteiger partial charge < -0.3 is 9.72 Å². The molecule has 3 aromatic heterocycles. The maximum absolute atomic E-state index is 11.8. The Labute approximate surface area is 125 Å². The number of aromatic nitrogens is 3. The summed E-state index contributed by atoms with van der Waals surface area (Å²) in [7, 11) is 0. The zero-order valence-corrected chi connectivity index (χ0v) is 12.6. The molecule has 3 rings (SSSR count). The topological polar surface area (TPSA) is 71.3 Å². The lowest BCUT2D eigenvalue weighted by molar-refractivity contribution is 0.251. The molecule has 0 aliphatic rings. The number of fused-ring (bicyclic) bond motifs is 1. The van der Waals surface area contributed by atoms with Crippen molar-refractivity contribution in [2.24, 2.45) is 0 Å². The molecule has 108 valence electrons. The van der Waals surface area contributed by atoms with Crippen LogP contribution in [0.3, 0.4) is 0 Å². The highest BCUT2D eigenvalue weighted by Crippen LogP contribution is 2.14. The van der Waals surface area contributed by atoms with Crippen molar-refractivity contribution in [2.75, 3.05) is 5.32 Å². The fourth-order valence-corrected chi connectivity index (χ4v) is 2.70. The summed E-state index contributed by atoms with van der Waals surface area (Å²) >= 11 is 1.40. The summed E-state index contributed by atoms with van der Waals surface area (Å²) in [6.07, 6.45) is 3.85. The van der Waals surface area contributed by atoms with Gasteiger partial charge in [0.25, 0.3) is 0 Å². The van der Waals surface area contributed by atoms with Gasteiger partial charge in [0.05, 0.1) is 17.9 Å². The first-order chi connectivity index (χ1) is 10.1. The smallest absolute Gasteiger partial charge is 0.321 e. The van der Waals surface area contributed by atoms with Crippen molar-refractivity contribution in [1.82, 2.24) is 19.7 Å². The fraction of sp³-hybridized carbons (Fsp3) is 0.214. The lowest BCUT2D eigenvalue weighted by Crippen LogP contribution is -2.28. The van der Waals surface area contributed by atoms with Crippen LogP contribution in [0.25, 0.3) is 5.65 Å². The summed E-state index contributed by atoms with van der Waals surface area (Å²) in [5, 5.41) is 7.96. The fourth-order valence-electron chi connectivity index (χ4n) is 2.01. The first kappa shape index (κ1) is 13.6. The number of hydrogen-bond acceptors (Lipinski definition) is 4. The van der Waals surface area contributed by atoms with Crippen LogP contribution in [0.4, 0.5) is 9.93 Å². The molecule has 0 unspecified atom stereocenters. The van der Waals surface area contributed by atoms with Gasteiger partial charge in [-0.15, -0.1) is 11.3 Å². The zero-order chi connectivity index (χ0) is 14.8. The van der Waals surface area contributed by atoms with Gasteiger partial charge in [-0.2, -0.15) is 0 Å². The molecule has 0 atom stereocenters. The molecule has 2 N–H and O–H groups in total. The molecule has 0 radical (unpaired) electrons. The molecule has 0 aliphatic heterocycles. The molecule has 0 spiro atoms. The van der Waals surface area contributed by atoms with Crippen LogP contribution in [0.1, 0.15) is 17.0 Å². The summed E-state index contributed by atoms with van der Waals surface area (Å²) in [4.78, 5) is 20.5. The van der Waals surface area contributed by atoms with E-state index in [1.807, 2.05) is 48.2 Å². The average Bonchev–Trinajstić information content (AvgIpc) is 3.03. The van der Waals surface area contributed by atoms with E-state index in [1.54, 1.807) is 0 Å². The third-order valence-corrected chi connectivity index (χ3v) is 3.87. The third kappa shape index (κ3) is 3.03. The Bertz CT molecular complexity index is 792. The van der Waals surface area contributed by atoms with Crippen LogP contribution in [-0.4, -0.2) is 20.4 Å². The Balaban J connectivity index is 1.63. The normalized spacial score (nSPS) is 10.8. The minimum Gasteiger partial charge on any atom is -0.332 e. The highest BCUT2D eigenvalue weighted by molar-refractivity contribution is 7.13. The Morgan fingerprint density at radius 2 is 2.24 bits per heavy atom. The Hall–Kier alpha value is -2.41. The molecular formula is C14H15N5OS. The second-order valence-corrected chi connectivity index (χ2v) is 5.61.